The molecule has 0 unspecified atom stereocenters. The van der Waals surface area contributed by atoms with Crippen molar-refractivity contribution < 1.29 is 4.74 Å². The third kappa shape index (κ3) is 2.57. The summed E-state index contributed by atoms with van der Waals surface area (Å²) in [5.41, 5.74) is 5.40. The third-order valence-electron chi connectivity index (χ3n) is 4.05. The minimum Gasteiger partial charge on any atom is -0.497 e. The zero-order valence-electron chi connectivity index (χ0n) is 13.8. The normalized spacial score (nSPS) is 15.1. The van der Waals surface area contributed by atoms with Crippen LogP contribution in [0.25, 0.3) is 22.0 Å². The lowest BCUT2D eigenvalue weighted by atomic mass is 10.00. The molecule has 0 saturated heterocycles. The van der Waals surface area contributed by atoms with E-state index in [2.05, 4.69) is 51.4 Å². The molecule has 0 spiro atoms. The second-order valence-electron chi connectivity index (χ2n) is 5.80. The number of aryl methyl sites for hydroxylation is 1. The number of ether oxygens (including phenoxy) is 1. The molecule has 2 aromatic heterocycles. The van der Waals surface area contributed by atoms with E-state index in [9.17, 15) is 0 Å². The van der Waals surface area contributed by atoms with Crippen LogP contribution in [0.5, 0.6) is 5.75 Å². The maximum absolute atomic E-state index is 5.34. The van der Waals surface area contributed by atoms with Gasteiger partial charge in [-0.3, -0.25) is 0 Å². The third-order valence-corrected chi connectivity index (χ3v) is 4.99. The molecular formula is C19H17N3OS. The van der Waals surface area contributed by atoms with Crippen molar-refractivity contribution in [2.75, 3.05) is 19.1 Å². The van der Waals surface area contributed by atoms with Crippen molar-refractivity contribution >= 4 is 39.0 Å². The Morgan fingerprint density at radius 1 is 1.25 bits per heavy atom. The fraction of sp³-hybridized carbons (Fsp3) is 0.158. The molecule has 0 bridgehead atoms. The second-order valence-corrected chi connectivity index (χ2v) is 6.86. The number of pyridine rings is 1. The number of hydrogen-bond acceptors (Lipinski definition) is 5. The van der Waals surface area contributed by atoms with Crippen LogP contribution in [0.4, 0.5) is 5.69 Å². The SMILES string of the molecule is COc1ccc2c(c1)N(C)C=C/C2=C\c1nc2ncc(C)cc2s1. The highest BCUT2D eigenvalue weighted by Crippen LogP contribution is 2.36. The van der Waals surface area contributed by atoms with Crippen LogP contribution in [0.3, 0.4) is 0 Å². The lowest BCUT2D eigenvalue weighted by Crippen LogP contribution is -2.13. The summed E-state index contributed by atoms with van der Waals surface area (Å²) in [7, 11) is 3.73. The number of benzene rings is 1. The quantitative estimate of drug-likeness (QED) is 0.690. The molecule has 4 nitrogen and oxygen atoms in total. The Hall–Kier alpha value is -2.66. The summed E-state index contributed by atoms with van der Waals surface area (Å²) >= 11 is 1.67. The Morgan fingerprint density at radius 2 is 2.12 bits per heavy atom. The number of hydrogen-bond donors (Lipinski definition) is 0. The molecule has 5 heteroatoms. The first kappa shape index (κ1) is 14.9. The summed E-state index contributed by atoms with van der Waals surface area (Å²) in [6.07, 6.45) is 8.15. The van der Waals surface area contributed by atoms with Crippen LogP contribution >= 0.6 is 11.3 Å². The van der Waals surface area contributed by atoms with E-state index in [1.165, 1.54) is 5.56 Å². The summed E-state index contributed by atoms with van der Waals surface area (Å²) < 4.78 is 6.46. The van der Waals surface area contributed by atoms with Crippen molar-refractivity contribution in [1.82, 2.24) is 9.97 Å². The Labute approximate surface area is 144 Å². The van der Waals surface area contributed by atoms with Gasteiger partial charge in [-0.05, 0) is 48.4 Å². The first-order valence-electron chi connectivity index (χ1n) is 7.68. The first-order valence-corrected chi connectivity index (χ1v) is 8.50. The van der Waals surface area contributed by atoms with Crippen molar-refractivity contribution in [2.24, 2.45) is 0 Å². The van der Waals surface area contributed by atoms with Gasteiger partial charge in [-0.15, -0.1) is 11.3 Å². The highest BCUT2D eigenvalue weighted by atomic mass is 32.1. The number of anilines is 1. The molecule has 0 saturated carbocycles. The van der Waals surface area contributed by atoms with Gasteiger partial charge in [-0.25, -0.2) is 9.97 Å². The molecule has 1 aliphatic heterocycles. The molecule has 3 heterocycles. The molecule has 0 N–H and O–H groups in total. The summed E-state index contributed by atoms with van der Waals surface area (Å²) in [6, 6.07) is 8.26. The van der Waals surface area contributed by atoms with E-state index >= 15 is 0 Å². The fourth-order valence-electron chi connectivity index (χ4n) is 2.79. The Morgan fingerprint density at radius 3 is 2.96 bits per heavy atom. The van der Waals surface area contributed by atoms with Crippen molar-refractivity contribution in [2.45, 2.75) is 6.92 Å². The standard InChI is InChI=1S/C19H17N3OS/c1-12-8-17-19(20-11-12)21-18(24-17)9-13-6-7-22(2)16-10-14(23-3)4-5-15(13)16/h4-11H,1-3H3/b13-9+. The van der Waals surface area contributed by atoms with Gasteiger partial charge in [-0.2, -0.15) is 0 Å². The van der Waals surface area contributed by atoms with Crippen molar-refractivity contribution in [3.8, 4) is 5.75 Å². The number of thiazole rings is 1. The molecular weight excluding hydrogens is 318 g/mol. The highest BCUT2D eigenvalue weighted by Gasteiger charge is 2.15. The summed E-state index contributed by atoms with van der Waals surface area (Å²) in [5, 5.41) is 0.967. The van der Waals surface area contributed by atoms with E-state index in [1.54, 1.807) is 18.4 Å². The largest absolute Gasteiger partial charge is 0.497 e. The summed E-state index contributed by atoms with van der Waals surface area (Å²) in [6.45, 7) is 2.05. The predicted molar refractivity (Wildman–Crippen MR) is 101 cm³/mol. The molecule has 24 heavy (non-hydrogen) atoms. The smallest absolute Gasteiger partial charge is 0.170 e. The minimum absolute atomic E-state index is 0.810. The van der Waals surface area contributed by atoms with E-state index in [-0.39, 0.29) is 0 Å². The minimum atomic E-state index is 0.810. The van der Waals surface area contributed by atoms with E-state index in [0.29, 0.717) is 0 Å². The van der Waals surface area contributed by atoms with Crippen LogP contribution in [0, 0.1) is 6.92 Å². The number of allylic oxidation sites excluding steroid dienone is 2. The number of nitrogens with zero attached hydrogens (tertiary/aromatic N) is 3. The van der Waals surface area contributed by atoms with Crippen LogP contribution in [-0.4, -0.2) is 24.1 Å². The number of fused-ring (bicyclic) bond motifs is 2. The maximum Gasteiger partial charge on any atom is 0.170 e. The van der Waals surface area contributed by atoms with E-state index in [0.717, 1.165) is 37.9 Å². The topological polar surface area (TPSA) is 38.2 Å². The molecule has 0 amide bonds. The van der Waals surface area contributed by atoms with E-state index < -0.39 is 0 Å². The van der Waals surface area contributed by atoms with Crippen molar-refractivity contribution in [3.05, 3.63) is 58.9 Å². The van der Waals surface area contributed by atoms with Gasteiger partial charge >= 0.3 is 0 Å². The van der Waals surface area contributed by atoms with Gasteiger partial charge in [-0.1, -0.05) is 0 Å². The monoisotopic (exact) mass is 335 g/mol. The molecule has 3 aromatic rings. The summed E-state index contributed by atoms with van der Waals surface area (Å²) in [4.78, 5) is 11.1. The van der Waals surface area contributed by atoms with Crippen LogP contribution in [0.15, 0.2) is 42.7 Å². The average molecular weight is 335 g/mol. The average Bonchev–Trinajstić information content (AvgIpc) is 2.98. The lowest BCUT2D eigenvalue weighted by Gasteiger charge is -2.24. The molecule has 0 radical (unpaired) electrons. The molecule has 1 aliphatic rings. The van der Waals surface area contributed by atoms with Crippen molar-refractivity contribution in [3.63, 3.8) is 0 Å². The molecule has 0 atom stereocenters. The fourth-order valence-corrected chi connectivity index (χ4v) is 3.77. The van der Waals surface area contributed by atoms with Crippen molar-refractivity contribution in [1.29, 1.82) is 0 Å². The van der Waals surface area contributed by atoms with E-state index in [1.807, 2.05) is 26.2 Å². The molecule has 0 aliphatic carbocycles. The molecule has 4 rings (SSSR count). The van der Waals surface area contributed by atoms with Crippen LogP contribution < -0.4 is 9.64 Å². The van der Waals surface area contributed by atoms with Crippen LogP contribution in [0.2, 0.25) is 0 Å². The van der Waals surface area contributed by atoms with Crippen LogP contribution in [0.1, 0.15) is 16.1 Å². The van der Waals surface area contributed by atoms with Gasteiger partial charge in [0.2, 0.25) is 0 Å². The van der Waals surface area contributed by atoms with Gasteiger partial charge in [0.15, 0.2) is 5.65 Å². The zero-order chi connectivity index (χ0) is 16.7. The Bertz CT molecular complexity index is 987. The molecule has 120 valence electrons. The maximum atomic E-state index is 5.34. The van der Waals surface area contributed by atoms with Gasteiger partial charge in [0.05, 0.1) is 17.5 Å². The van der Waals surface area contributed by atoms with Gasteiger partial charge in [0, 0.05) is 31.1 Å². The molecule has 0 fully saturated rings. The first-order chi connectivity index (χ1) is 11.6. The Balaban J connectivity index is 1.80. The highest BCUT2D eigenvalue weighted by molar-refractivity contribution is 7.19. The van der Waals surface area contributed by atoms with Crippen LogP contribution in [-0.2, 0) is 0 Å². The number of rotatable bonds is 2. The van der Waals surface area contributed by atoms with Gasteiger partial charge < -0.3 is 9.64 Å². The van der Waals surface area contributed by atoms with Gasteiger partial charge in [0.1, 0.15) is 10.8 Å². The number of aromatic nitrogens is 2. The second kappa shape index (κ2) is 5.76. The summed E-state index contributed by atoms with van der Waals surface area (Å²) in [5.74, 6) is 0.856. The Kier molecular flexibility index (Phi) is 3.58. The van der Waals surface area contributed by atoms with E-state index in [4.69, 9.17) is 4.74 Å². The lowest BCUT2D eigenvalue weighted by molar-refractivity contribution is 0.415. The number of methoxy groups -OCH3 is 1. The predicted octanol–water partition coefficient (Wildman–Crippen LogP) is 4.51. The zero-order valence-corrected chi connectivity index (χ0v) is 14.6. The molecule has 1 aromatic carbocycles. The van der Waals surface area contributed by atoms with Gasteiger partial charge in [0.25, 0.3) is 0 Å².